The number of carbonyl (C=O) groups is 2. The number of phenolic OH excluding ortho intramolecular Hbond substituents is 1. The molecule has 10 nitrogen and oxygen atoms in total. The first-order chi connectivity index (χ1) is 20.0. The number of rotatable bonds is 5. The smallest absolute Gasteiger partial charge is 0.416 e. The summed E-state index contributed by atoms with van der Waals surface area (Å²) in [6, 6.07) is 10.7. The normalized spacial score (nSPS) is 11.3. The lowest BCUT2D eigenvalue weighted by Gasteiger charge is -2.16. The predicted molar refractivity (Wildman–Crippen MR) is 148 cm³/mol. The summed E-state index contributed by atoms with van der Waals surface area (Å²) in [4.78, 5) is 41.4. The lowest BCUT2D eigenvalue weighted by atomic mass is 9.92. The Morgan fingerprint density at radius 3 is 2.43 bits per heavy atom. The van der Waals surface area contributed by atoms with Crippen LogP contribution < -0.4 is 10.6 Å². The van der Waals surface area contributed by atoms with E-state index in [1.807, 2.05) is 0 Å². The summed E-state index contributed by atoms with van der Waals surface area (Å²) in [5, 5.41) is 16.9. The van der Waals surface area contributed by atoms with E-state index in [4.69, 9.17) is 0 Å². The van der Waals surface area contributed by atoms with Gasteiger partial charge in [-0.2, -0.15) is 13.2 Å². The van der Waals surface area contributed by atoms with Gasteiger partial charge in [-0.05, 0) is 54.4 Å². The van der Waals surface area contributed by atoms with Crippen LogP contribution >= 0.6 is 0 Å². The van der Waals surface area contributed by atoms with Gasteiger partial charge in [0.2, 0.25) is 5.95 Å². The number of amides is 2. The highest BCUT2D eigenvalue weighted by molar-refractivity contribution is 6.06. The van der Waals surface area contributed by atoms with Gasteiger partial charge in [0.1, 0.15) is 12.1 Å². The van der Waals surface area contributed by atoms with Crippen LogP contribution in [0, 0.1) is 6.92 Å². The number of ether oxygens (including phenoxy) is 1. The predicted octanol–water partition coefficient (Wildman–Crippen LogP) is 6.22. The maximum absolute atomic E-state index is 13.1. The first-order valence-electron chi connectivity index (χ1n) is 12.3. The molecule has 0 spiro atoms. The molecule has 0 saturated carbocycles. The van der Waals surface area contributed by atoms with Gasteiger partial charge >= 0.3 is 12.3 Å². The standard InChI is InChI=1S/C29H21F3N6O4/c1-15-6-7-16(26(40)36-20-5-3-4-19(10-20)29(30,31)32)8-21(15)22-9-17-13-35-27(38-28(41)42-2)37-24(17)23(25(22)39)18-11-33-14-34-12-18/h3-14,39H,1-2H3,(H,36,40)(H,35,37,38,41). The largest absolute Gasteiger partial charge is 0.507 e. The van der Waals surface area contributed by atoms with Crippen LogP contribution in [0.25, 0.3) is 33.2 Å². The molecule has 2 amide bonds. The van der Waals surface area contributed by atoms with Crippen molar-refractivity contribution in [3.05, 3.63) is 90.1 Å². The highest BCUT2D eigenvalue weighted by Gasteiger charge is 2.30. The molecule has 0 fully saturated rings. The second-order valence-corrected chi connectivity index (χ2v) is 9.09. The van der Waals surface area contributed by atoms with Crippen molar-refractivity contribution in [3.63, 3.8) is 0 Å². The van der Waals surface area contributed by atoms with E-state index >= 15 is 0 Å². The Kier molecular flexibility index (Phi) is 7.40. The van der Waals surface area contributed by atoms with Gasteiger partial charge in [0, 0.05) is 46.4 Å². The van der Waals surface area contributed by atoms with Gasteiger partial charge in [-0.3, -0.25) is 10.1 Å². The number of hydrogen-bond donors (Lipinski definition) is 3. The molecule has 2 aromatic heterocycles. The molecule has 42 heavy (non-hydrogen) atoms. The van der Waals surface area contributed by atoms with E-state index in [0.29, 0.717) is 27.6 Å². The third-order valence-corrected chi connectivity index (χ3v) is 6.33. The van der Waals surface area contributed by atoms with Crippen LogP contribution in [-0.4, -0.2) is 44.2 Å². The lowest BCUT2D eigenvalue weighted by Crippen LogP contribution is -2.13. The number of fused-ring (bicyclic) bond motifs is 1. The van der Waals surface area contributed by atoms with Crippen molar-refractivity contribution in [2.24, 2.45) is 0 Å². The number of benzene rings is 3. The second-order valence-electron chi connectivity index (χ2n) is 9.09. The molecule has 0 saturated heterocycles. The fourth-order valence-corrected chi connectivity index (χ4v) is 4.31. The number of aromatic hydroxyl groups is 1. The Hall–Kier alpha value is -5.59. The summed E-state index contributed by atoms with van der Waals surface area (Å²) in [6.07, 6.45) is 0.383. The molecule has 0 bridgehead atoms. The average molecular weight is 575 g/mol. The van der Waals surface area contributed by atoms with Gasteiger partial charge in [0.05, 0.1) is 23.8 Å². The van der Waals surface area contributed by atoms with E-state index in [-0.39, 0.29) is 34.0 Å². The molecule has 0 aliphatic heterocycles. The number of aromatic nitrogens is 4. The molecule has 0 atom stereocenters. The van der Waals surface area contributed by atoms with Crippen LogP contribution in [-0.2, 0) is 10.9 Å². The zero-order chi connectivity index (χ0) is 30.0. The number of anilines is 2. The highest BCUT2D eigenvalue weighted by atomic mass is 19.4. The minimum atomic E-state index is -4.56. The first-order valence-corrected chi connectivity index (χ1v) is 12.3. The fourth-order valence-electron chi connectivity index (χ4n) is 4.31. The number of nitrogens with zero attached hydrogens (tertiary/aromatic N) is 4. The first kappa shape index (κ1) is 28.0. The number of methoxy groups -OCH3 is 1. The maximum Gasteiger partial charge on any atom is 0.416 e. The van der Waals surface area contributed by atoms with Crippen molar-refractivity contribution >= 4 is 34.5 Å². The number of aryl methyl sites for hydroxylation is 1. The van der Waals surface area contributed by atoms with Crippen LogP contribution in [0.15, 0.2) is 73.4 Å². The van der Waals surface area contributed by atoms with E-state index in [2.05, 4.69) is 35.3 Å². The summed E-state index contributed by atoms with van der Waals surface area (Å²) in [7, 11) is 1.19. The fraction of sp³-hybridized carbons (Fsp3) is 0.103. The quantitative estimate of drug-likeness (QED) is 0.225. The molecule has 13 heteroatoms. The van der Waals surface area contributed by atoms with Crippen LogP contribution in [0.1, 0.15) is 21.5 Å². The topological polar surface area (TPSA) is 139 Å². The number of halogens is 3. The van der Waals surface area contributed by atoms with Gasteiger partial charge < -0.3 is 15.2 Å². The zero-order valence-electron chi connectivity index (χ0n) is 22.0. The molecule has 3 N–H and O–H groups in total. The Morgan fingerprint density at radius 2 is 1.71 bits per heavy atom. The van der Waals surface area contributed by atoms with E-state index in [0.717, 1.165) is 12.1 Å². The van der Waals surface area contributed by atoms with Crippen LogP contribution in [0.2, 0.25) is 0 Å². The molecule has 0 radical (unpaired) electrons. The summed E-state index contributed by atoms with van der Waals surface area (Å²) >= 11 is 0. The number of phenols is 1. The van der Waals surface area contributed by atoms with E-state index in [1.165, 1.54) is 56.3 Å². The monoisotopic (exact) mass is 574 g/mol. The lowest BCUT2D eigenvalue weighted by molar-refractivity contribution is -0.137. The molecule has 5 rings (SSSR count). The van der Waals surface area contributed by atoms with Crippen molar-refractivity contribution in [3.8, 4) is 28.0 Å². The SMILES string of the molecule is COC(=O)Nc1ncc2cc(-c3cc(C(=O)Nc4cccc(C(F)(F)F)c4)ccc3C)c(O)c(-c3cncnc3)c2n1. The summed E-state index contributed by atoms with van der Waals surface area (Å²) in [5.41, 5.74) is 1.67. The summed E-state index contributed by atoms with van der Waals surface area (Å²) in [5.74, 6) is -0.919. The van der Waals surface area contributed by atoms with Gasteiger partial charge in [0.25, 0.3) is 5.91 Å². The Balaban J connectivity index is 1.61. The Morgan fingerprint density at radius 1 is 0.952 bits per heavy atom. The molecule has 212 valence electrons. The molecule has 0 aliphatic rings. The van der Waals surface area contributed by atoms with Crippen LogP contribution in [0.4, 0.5) is 29.6 Å². The minimum absolute atomic E-state index is 0.0228. The van der Waals surface area contributed by atoms with E-state index in [9.17, 15) is 27.9 Å². The second kappa shape index (κ2) is 11.1. The minimum Gasteiger partial charge on any atom is -0.507 e. The third kappa shape index (κ3) is 5.66. The van der Waals surface area contributed by atoms with Crippen molar-refractivity contribution in [2.75, 3.05) is 17.7 Å². The van der Waals surface area contributed by atoms with Gasteiger partial charge in [0.15, 0.2) is 0 Å². The highest BCUT2D eigenvalue weighted by Crippen LogP contribution is 2.43. The number of nitrogens with one attached hydrogen (secondary N) is 2. The van der Waals surface area contributed by atoms with Crippen molar-refractivity contribution < 1.29 is 32.6 Å². The molecule has 3 aromatic carbocycles. The van der Waals surface area contributed by atoms with Crippen molar-refractivity contribution in [2.45, 2.75) is 13.1 Å². The molecule has 2 heterocycles. The van der Waals surface area contributed by atoms with Crippen LogP contribution in [0.3, 0.4) is 0 Å². The number of alkyl halides is 3. The van der Waals surface area contributed by atoms with Gasteiger partial charge in [-0.1, -0.05) is 12.1 Å². The Labute approximate surface area is 236 Å². The molecule has 0 unspecified atom stereocenters. The summed E-state index contributed by atoms with van der Waals surface area (Å²) in [6.45, 7) is 1.78. The van der Waals surface area contributed by atoms with Crippen LogP contribution in [0.5, 0.6) is 5.75 Å². The zero-order valence-corrected chi connectivity index (χ0v) is 22.0. The van der Waals surface area contributed by atoms with E-state index in [1.54, 1.807) is 19.1 Å². The van der Waals surface area contributed by atoms with E-state index < -0.39 is 23.7 Å². The summed E-state index contributed by atoms with van der Waals surface area (Å²) < 4.78 is 44.0. The van der Waals surface area contributed by atoms with Crippen molar-refractivity contribution in [1.82, 2.24) is 19.9 Å². The van der Waals surface area contributed by atoms with Crippen molar-refractivity contribution in [1.29, 1.82) is 0 Å². The average Bonchev–Trinajstić information content (AvgIpc) is 2.97. The molecule has 0 aliphatic carbocycles. The molecular formula is C29H21F3N6O4. The van der Waals surface area contributed by atoms with Gasteiger partial charge in [-0.25, -0.2) is 24.7 Å². The molecular weight excluding hydrogens is 553 g/mol. The Bertz CT molecular complexity index is 1830. The third-order valence-electron chi connectivity index (χ3n) is 6.33. The number of carbonyl (C=O) groups excluding carboxylic acids is 2. The van der Waals surface area contributed by atoms with Gasteiger partial charge in [-0.15, -0.1) is 0 Å². The molecule has 5 aromatic rings. The maximum atomic E-state index is 13.1. The number of hydrogen-bond acceptors (Lipinski definition) is 8.